The van der Waals surface area contributed by atoms with Crippen molar-refractivity contribution >= 4 is 17.0 Å². The second-order valence-electron chi connectivity index (χ2n) is 6.94. The summed E-state index contributed by atoms with van der Waals surface area (Å²) in [6.07, 6.45) is 1.88. The summed E-state index contributed by atoms with van der Waals surface area (Å²) in [6, 6.07) is 25.4. The van der Waals surface area contributed by atoms with Crippen molar-refractivity contribution in [3.05, 3.63) is 94.8 Å². The molecule has 0 atom stereocenters. The van der Waals surface area contributed by atoms with E-state index in [4.69, 9.17) is 5.10 Å². The highest BCUT2D eigenvalue weighted by Crippen LogP contribution is 2.26. The maximum absolute atomic E-state index is 13.0. The molecule has 0 N–H and O–H groups in total. The summed E-state index contributed by atoms with van der Waals surface area (Å²) in [6.45, 7) is 4.09. The summed E-state index contributed by atoms with van der Waals surface area (Å²) in [4.78, 5) is 17.5. The van der Waals surface area contributed by atoms with E-state index in [1.54, 1.807) is 0 Å². The lowest BCUT2D eigenvalue weighted by Crippen LogP contribution is -2.22. The van der Waals surface area contributed by atoms with E-state index < -0.39 is 0 Å². The van der Waals surface area contributed by atoms with Crippen LogP contribution in [0.15, 0.2) is 88.6 Å². The van der Waals surface area contributed by atoms with Crippen LogP contribution in [0.1, 0.15) is 19.4 Å². The number of benzene rings is 3. The number of para-hydroxylation sites is 1. The van der Waals surface area contributed by atoms with E-state index >= 15 is 0 Å². The topological polar surface area (TPSA) is 47.2 Å². The summed E-state index contributed by atoms with van der Waals surface area (Å²) in [7, 11) is 0. The van der Waals surface area contributed by atoms with E-state index in [1.807, 2.05) is 92.9 Å². The molecule has 0 saturated heterocycles. The van der Waals surface area contributed by atoms with Crippen LogP contribution in [-0.2, 0) is 0 Å². The van der Waals surface area contributed by atoms with Crippen molar-refractivity contribution in [2.75, 3.05) is 0 Å². The summed E-state index contributed by atoms with van der Waals surface area (Å²) in [5.74, 6) is 0. The number of hydrogen-bond donors (Lipinski definition) is 0. The molecule has 0 amide bonds. The van der Waals surface area contributed by atoms with Gasteiger partial charge in [-0.15, -0.1) is 0 Å². The van der Waals surface area contributed by atoms with E-state index in [2.05, 4.69) is 11.1 Å². The molecule has 0 aliphatic rings. The lowest BCUT2D eigenvalue weighted by Gasteiger charge is -2.11. The molecule has 28 heavy (non-hydrogen) atoms. The van der Waals surface area contributed by atoms with Gasteiger partial charge in [0.15, 0.2) is 0 Å². The lowest BCUT2D eigenvalue weighted by atomic mass is 10.0. The molecule has 0 bridgehead atoms. The molecule has 0 aliphatic carbocycles. The zero-order valence-corrected chi connectivity index (χ0v) is 15.9. The van der Waals surface area contributed by atoms with Crippen LogP contribution >= 0.6 is 0 Å². The number of aliphatic imine (C=N–C) groups is 1. The number of hydrogen-bond acceptors (Lipinski definition) is 3. The molecular weight excluding hydrogens is 346 g/mol. The minimum atomic E-state index is -0.122. The van der Waals surface area contributed by atoms with Crippen molar-refractivity contribution in [3.8, 4) is 16.9 Å². The second-order valence-corrected chi connectivity index (χ2v) is 6.94. The van der Waals surface area contributed by atoms with Gasteiger partial charge in [-0.05, 0) is 43.7 Å². The van der Waals surface area contributed by atoms with E-state index in [1.165, 1.54) is 4.68 Å². The third-order valence-corrected chi connectivity index (χ3v) is 4.49. The molecule has 0 fully saturated rings. The molecule has 0 spiro atoms. The average Bonchev–Trinajstić information content (AvgIpc) is 2.73. The van der Waals surface area contributed by atoms with Crippen molar-refractivity contribution in [3.63, 3.8) is 0 Å². The van der Waals surface area contributed by atoms with Gasteiger partial charge in [0.2, 0.25) is 0 Å². The van der Waals surface area contributed by atoms with Crippen LogP contribution in [0.4, 0.5) is 0 Å². The second kappa shape index (κ2) is 7.61. The smallest absolute Gasteiger partial charge is 0.279 e. The van der Waals surface area contributed by atoms with E-state index in [-0.39, 0.29) is 11.6 Å². The first kappa shape index (κ1) is 17.9. The maximum atomic E-state index is 13.0. The van der Waals surface area contributed by atoms with E-state index in [0.29, 0.717) is 5.39 Å². The Bertz CT molecular complexity index is 1210. The van der Waals surface area contributed by atoms with Gasteiger partial charge in [-0.25, -0.2) is 0 Å². The highest BCUT2D eigenvalue weighted by Gasteiger charge is 2.13. The first-order valence-corrected chi connectivity index (χ1v) is 9.34. The summed E-state index contributed by atoms with van der Waals surface area (Å²) in [5.41, 5.74) is 3.36. The van der Waals surface area contributed by atoms with Gasteiger partial charge in [-0.2, -0.15) is 9.78 Å². The quantitative estimate of drug-likeness (QED) is 0.483. The Labute approximate surface area is 163 Å². The summed E-state index contributed by atoms with van der Waals surface area (Å²) >= 11 is 0. The fraction of sp³-hybridized carbons (Fsp3) is 0.125. The minimum Gasteiger partial charge on any atom is -0.290 e. The molecule has 3 aromatic carbocycles. The van der Waals surface area contributed by atoms with Crippen LogP contribution in [0.5, 0.6) is 0 Å². The van der Waals surface area contributed by atoms with Crippen molar-refractivity contribution in [2.45, 2.75) is 19.9 Å². The number of nitrogens with zero attached hydrogens (tertiary/aromatic N) is 3. The monoisotopic (exact) mass is 367 g/mol. The zero-order valence-electron chi connectivity index (χ0n) is 15.9. The Kier molecular flexibility index (Phi) is 4.85. The molecule has 0 aliphatic heterocycles. The first-order valence-electron chi connectivity index (χ1n) is 9.34. The van der Waals surface area contributed by atoms with E-state index in [0.717, 1.165) is 27.9 Å². The molecule has 0 saturated carbocycles. The van der Waals surface area contributed by atoms with E-state index in [9.17, 15) is 4.79 Å². The van der Waals surface area contributed by atoms with Crippen LogP contribution in [0.2, 0.25) is 0 Å². The fourth-order valence-corrected chi connectivity index (χ4v) is 3.15. The molecule has 138 valence electrons. The predicted molar refractivity (Wildman–Crippen MR) is 116 cm³/mol. The highest BCUT2D eigenvalue weighted by molar-refractivity contribution is 5.95. The van der Waals surface area contributed by atoms with Crippen LogP contribution < -0.4 is 5.56 Å². The van der Waals surface area contributed by atoms with Crippen molar-refractivity contribution in [1.29, 1.82) is 0 Å². The standard InChI is InChI=1S/C24H21N3O/c1-17(2)25-16-18-9-8-10-19(15-18)23-21-13-6-7-14-22(21)24(28)27(26-23)20-11-4-3-5-12-20/h3-17H,1-2H3. The largest absolute Gasteiger partial charge is 0.290 e. The van der Waals surface area contributed by atoms with Gasteiger partial charge in [0.1, 0.15) is 0 Å². The Hall–Kier alpha value is -3.53. The Morgan fingerprint density at radius 3 is 2.36 bits per heavy atom. The highest BCUT2D eigenvalue weighted by atomic mass is 16.1. The average molecular weight is 367 g/mol. The van der Waals surface area contributed by atoms with Gasteiger partial charge in [-0.3, -0.25) is 9.79 Å². The summed E-state index contributed by atoms with van der Waals surface area (Å²) < 4.78 is 1.48. The van der Waals surface area contributed by atoms with Crippen molar-refractivity contribution < 1.29 is 0 Å². The molecule has 4 heteroatoms. The Morgan fingerprint density at radius 2 is 1.61 bits per heavy atom. The molecule has 0 radical (unpaired) electrons. The van der Waals surface area contributed by atoms with Gasteiger partial charge < -0.3 is 0 Å². The molecule has 4 rings (SSSR count). The normalized spacial score (nSPS) is 11.5. The van der Waals surface area contributed by atoms with Gasteiger partial charge in [0.05, 0.1) is 16.8 Å². The fourth-order valence-electron chi connectivity index (χ4n) is 3.15. The molecule has 0 unspecified atom stereocenters. The molecule has 1 heterocycles. The molecule has 4 nitrogen and oxygen atoms in total. The van der Waals surface area contributed by atoms with Crippen LogP contribution in [-0.4, -0.2) is 22.0 Å². The molecular formula is C24H21N3O. The van der Waals surface area contributed by atoms with Gasteiger partial charge >= 0.3 is 0 Å². The summed E-state index contributed by atoms with van der Waals surface area (Å²) in [5, 5.41) is 6.23. The Balaban J connectivity index is 1.96. The van der Waals surface area contributed by atoms with Crippen LogP contribution in [0, 0.1) is 0 Å². The zero-order chi connectivity index (χ0) is 19.5. The predicted octanol–water partition coefficient (Wildman–Crippen LogP) is 4.88. The maximum Gasteiger partial charge on any atom is 0.279 e. The van der Waals surface area contributed by atoms with Crippen LogP contribution in [0.3, 0.4) is 0 Å². The SMILES string of the molecule is CC(C)N=Cc1cccc(-c2nn(-c3ccccc3)c(=O)c3ccccc23)c1. The molecule has 1 aromatic heterocycles. The molecule has 4 aromatic rings. The number of aromatic nitrogens is 2. The van der Waals surface area contributed by atoms with Gasteiger partial charge in [-0.1, -0.05) is 54.6 Å². The minimum absolute atomic E-state index is 0.122. The third-order valence-electron chi connectivity index (χ3n) is 4.49. The number of rotatable bonds is 4. The third kappa shape index (κ3) is 3.49. The number of fused-ring (bicyclic) bond motifs is 1. The van der Waals surface area contributed by atoms with Crippen molar-refractivity contribution in [2.24, 2.45) is 4.99 Å². The van der Waals surface area contributed by atoms with Gasteiger partial charge in [0.25, 0.3) is 5.56 Å². The van der Waals surface area contributed by atoms with Crippen LogP contribution in [0.25, 0.3) is 27.7 Å². The lowest BCUT2D eigenvalue weighted by molar-refractivity contribution is 0.826. The van der Waals surface area contributed by atoms with Gasteiger partial charge in [0, 0.05) is 23.2 Å². The first-order chi connectivity index (χ1) is 13.6. The Morgan fingerprint density at radius 1 is 0.893 bits per heavy atom. The van der Waals surface area contributed by atoms with Crippen molar-refractivity contribution in [1.82, 2.24) is 9.78 Å².